The predicted molar refractivity (Wildman–Crippen MR) is 131 cm³/mol. The topological polar surface area (TPSA) is 42.0 Å². The molecule has 1 heterocycles. The van der Waals surface area contributed by atoms with E-state index in [1.54, 1.807) is 6.20 Å². The van der Waals surface area contributed by atoms with Crippen LogP contribution in [0.4, 0.5) is 30.7 Å². The Morgan fingerprint density at radius 1 is 1.08 bits per heavy atom. The van der Waals surface area contributed by atoms with Gasteiger partial charge in [-0.3, -0.25) is 9.78 Å². The van der Waals surface area contributed by atoms with Crippen molar-refractivity contribution in [3.63, 3.8) is 0 Å². The van der Waals surface area contributed by atoms with Crippen molar-refractivity contribution in [3.05, 3.63) is 100 Å². The lowest BCUT2D eigenvalue weighted by molar-refractivity contribution is -0.127. The minimum Gasteiger partial charge on any atom is -0.352 e. The predicted octanol–water partition coefficient (Wildman–Crippen LogP) is 7.58. The van der Waals surface area contributed by atoms with Crippen LogP contribution in [0.2, 0.25) is 5.02 Å². The van der Waals surface area contributed by atoms with Gasteiger partial charge in [0, 0.05) is 31.3 Å². The lowest BCUT2D eigenvalue weighted by Crippen LogP contribution is -2.29. The molecule has 1 aromatic heterocycles. The van der Waals surface area contributed by atoms with E-state index < -0.39 is 48.8 Å². The Morgan fingerprint density at radius 2 is 1.68 bits per heavy atom. The first kappa shape index (κ1) is 31.1. The SMILES string of the molecule is Cc1ccc(Cl)cn1.Cc1ccccc1.O=C(NCc1cc(F)cc(CC(F)(F)C(F)F)c1)C1CC1(F)F. The maximum Gasteiger partial charge on any atom is 0.311 e. The average molecular weight is 563 g/mol. The van der Waals surface area contributed by atoms with E-state index in [1.165, 1.54) is 5.56 Å². The Bertz CT molecular complexity index is 1150. The van der Waals surface area contributed by atoms with Crippen molar-refractivity contribution in [1.29, 1.82) is 0 Å². The fourth-order valence-corrected chi connectivity index (χ4v) is 3.18. The molecule has 1 aliphatic rings. The van der Waals surface area contributed by atoms with Crippen molar-refractivity contribution < 1.29 is 35.5 Å². The van der Waals surface area contributed by atoms with Crippen LogP contribution in [0, 0.1) is 25.6 Å². The molecule has 11 heteroatoms. The number of aryl methyl sites for hydroxylation is 2. The number of rotatable bonds is 6. The molecule has 38 heavy (non-hydrogen) atoms. The number of halogens is 8. The number of hydrogen-bond donors (Lipinski definition) is 1. The highest BCUT2D eigenvalue weighted by atomic mass is 35.5. The number of pyridine rings is 1. The molecule has 3 aromatic rings. The summed E-state index contributed by atoms with van der Waals surface area (Å²) in [7, 11) is 0. The summed E-state index contributed by atoms with van der Waals surface area (Å²) >= 11 is 5.55. The molecule has 0 spiro atoms. The van der Waals surface area contributed by atoms with E-state index in [4.69, 9.17) is 11.6 Å². The van der Waals surface area contributed by atoms with E-state index in [2.05, 4.69) is 29.4 Å². The van der Waals surface area contributed by atoms with Crippen LogP contribution in [0.1, 0.15) is 28.8 Å². The van der Waals surface area contributed by atoms with E-state index in [-0.39, 0.29) is 17.7 Å². The number of aromatic nitrogens is 1. The maximum atomic E-state index is 13.4. The zero-order chi connectivity index (χ0) is 28.5. The number of carbonyl (C=O) groups is 1. The van der Waals surface area contributed by atoms with Crippen molar-refractivity contribution in [2.75, 3.05) is 0 Å². The number of alkyl halides is 6. The number of amides is 1. The van der Waals surface area contributed by atoms with E-state index in [9.17, 15) is 35.5 Å². The summed E-state index contributed by atoms with van der Waals surface area (Å²) in [5, 5.41) is 2.83. The monoisotopic (exact) mass is 562 g/mol. The van der Waals surface area contributed by atoms with Crippen molar-refractivity contribution in [2.45, 2.75) is 51.5 Å². The van der Waals surface area contributed by atoms with Crippen LogP contribution in [0.3, 0.4) is 0 Å². The smallest absolute Gasteiger partial charge is 0.311 e. The molecule has 4 rings (SSSR count). The van der Waals surface area contributed by atoms with E-state index in [0.717, 1.165) is 17.8 Å². The molecule has 1 amide bonds. The molecule has 1 atom stereocenters. The van der Waals surface area contributed by atoms with Gasteiger partial charge in [-0.25, -0.2) is 22.0 Å². The summed E-state index contributed by atoms with van der Waals surface area (Å²) in [4.78, 5) is 15.3. The quantitative estimate of drug-likeness (QED) is 0.315. The van der Waals surface area contributed by atoms with Gasteiger partial charge in [0.25, 0.3) is 5.92 Å². The molecule has 1 saturated carbocycles. The normalized spacial score (nSPS) is 15.5. The number of carbonyl (C=O) groups excluding carboxylic acids is 1. The maximum absolute atomic E-state index is 13.4. The van der Waals surface area contributed by atoms with Crippen LogP contribution in [-0.2, 0) is 17.8 Å². The van der Waals surface area contributed by atoms with Gasteiger partial charge in [0.15, 0.2) is 0 Å². The van der Waals surface area contributed by atoms with Gasteiger partial charge in [0.2, 0.25) is 5.91 Å². The minimum absolute atomic E-state index is 0.0161. The zero-order valence-electron chi connectivity index (χ0n) is 20.5. The summed E-state index contributed by atoms with van der Waals surface area (Å²) in [6, 6.07) is 16.6. The second-order valence-electron chi connectivity index (χ2n) is 8.71. The fraction of sp³-hybridized carbons (Fsp3) is 0.333. The largest absolute Gasteiger partial charge is 0.352 e. The Balaban J connectivity index is 0.000000272. The molecule has 0 saturated heterocycles. The third kappa shape index (κ3) is 10.7. The van der Waals surface area contributed by atoms with Crippen LogP contribution in [0.15, 0.2) is 66.9 Å². The van der Waals surface area contributed by atoms with Gasteiger partial charge in [-0.1, -0.05) is 53.6 Å². The summed E-state index contributed by atoms with van der Waals surface area (Å²) in [6.45, 7) is 3.65. The third-order valence-corrected chi connectivity index (χ3v) is 5.42. The molecule has 1 aliphatic carbocycles. The molecular formula is C27H26ClF7N2O. The summed E-state index contributed by atoms with van der Waals surface area (Å²) < 4.78 is 89.0. The summed E-state index contributed by atoms with van der Waals surface area (Å²) in [6.07, 6.45) is -4.21. The lowest BCUT2D eigenvalue weighted by atomic mass is 10.0. The van der Waals surface area contributed by atoms with E-state index in [0.29, 0.717) is 11.1 Å². The van der Waals surface area contributed by atoms with Crippen LogP contribution < -0.4 is 5.32 Å². The molecule has 0 aliphatic heterocycles. The van der Waals surface area contributed by atoms with Gasteiger partial charge >= 0.3 is 12.3 Å². The molecule has 1 N–H and O–H groups in total. The van der Waals surface area contributed by atoms with Crippen LogP contribution in [0.25, 0.3) is 0 Å². The lowest BCUT2D eigenvalue weighted by Gasteiger charge is -2.16. The average Bonchev–Trinajstić information content (AvgIpc) is 3.48. The third-order valence-electron chi connectivity index (χ3n) is 5.20. The van der Waals surface area contributed by atoms with Crippen molar-refractivity contribution in [3.8, 4) is 0 Å². The highest BCUT2D eigenvalue weighted by Crippen LogP contribution is 2.48. The Hall–Kier alpha value is -3.14. The van der Waals surface area contributed by atoms with Gasteiger partial charge < -0.3 is 5.32 Å². The first-order chi connectivity index (χ1) is 17.7. The minimum atomic E-state index is -4.32. The molecule has 3 nitrogen and oxygen atoms in total. The highest BCUT2D eigenvalue weighted by molar-refractivity contribution is 6.30. The number of nitrogens with zero attached hydrogens (tertiary/aromatic N) is 1. The van der Waals surface area contributed by atoms with E-state index >= 15 is 0 Å². The van der Waals surface area contributed by atoms with Crippen molar-refractivity contribution in [1.82, 2.24) is 10.3 Å². The molecule has 0 radical (unpaired) electrons. The Kier molecular flexibility index (Phi) is 11.1. The first-order valence-electron chi connectivity index (χ1n) is 11.4. The Labute approximate surface area is 221 Å². The fourth-order valence-electron chi connectivity index (χ4n) is 3.07. The highest BCUT2D eigenvalue weighted by Gasteiger charge is 2.61. The second kappa shape index (κ2) is 13.6. The number of nitrogens with one attached hydrogen (secondary N) is 1. The van der Waals surface area contributed by atoms with E-state index in [1.807, 2.05) is 37.3 Å². The molecule has 0 bridgehead atoms. The first-order valence-corrected chi connectivity index (χ1v) is 11.8. The summed E-state index contributed by atoms with van der Waals surface area (Å²) in [5.41, 5.74) is 1.95. The van der Waals surface area contributed by atoms with Crippen LogP contribution in [-0.4, -0.2) is 29.2 Å². The van der Waals surface area contributed by atoms with Crippen molar-refractivity contribution in [2.24, 2.45) is 5.92 Å². The molecular weight excluding hydrogens is 537 g/mol. The standard InChI is InChI=1S/C14H12F7NO.C7H8.C6H6ClN/c15-9-2-7(4-14(20,21)12(16)17)1-8(3-9)6-22-11(23)10-5-13(10,18)19;1-7-5-3-2-4-6-7;1-5-2-3-6(7)4-8-5/h1-3,10,12H,4-6H2,(H,22,23);2-6H,1H3;2-4H,1H3. The van der Waals surface area contributed by atoms with Crippen molar-refractivity contribution >= 4 is 17.5 Å². The Morgan fingerprint density at radius 3 is 2.13 bits per heavy atom. The van der Waals surface area contributed by atoms with Crippen LogP contribution >= 0.6 is 11.6 Å². The van der Waals surface area contributed by atoms with Gasteiger partial charge in [-0.15, -0.1) is 0 Å². The van der Waals surface area contributed by atoms with Gasteiger partial charge in [0.05, 0.1) is 5.02 Å². The van der Waals surface area contributed by atoms with Gasteiger partial charge in [-0.2, -0.15) is 8.78 Å². The molecule has 2 aromatic carbocycles. The summed E-state index contributed by atoms with van der Waals surface area (Å²) in [5.74, 6) is -10.7. The number of hydrogen-bond acceptors (Lipinski definition) is 2. The van der Waals surface area contributed by atoms with Gasteiger partial charge in [0.1, 0.15) is 11.7 Å². The van der Waals surface area contributed by atoms with Crippen LogP contribution in [0.5, 0.6) is 0 Å². The number of benzene rings is 2. The molecule has 1 unspecified atom stereocenters. The molecule has 1 fully saturated rings. The van der Waals surface area contributed by atoms with Gasteiger partial charge in [-0.05, 0) is 49.2 Å². The molecule has 206 valence electrons. The zero-order valence-corrected chi connectivity index (χ0v) is 21.3. The second-order valence-corrected chi connectivity index (χ2v) is 9.15.